The molecule has 2 N–H and O–H groups in total. The van der Waals surface area contributed by atoms with Crippen molar-refractivity contribution in [2.24, 2.45) is 0 Å². The lowest BCUT2D eigenvalue weighted by Crippen LogP contribution is -2.11. The number of carboxylic acids is 1. The van der Waals surface area contributed by atoms with E-state index >= 15 is 0 Å². The predicted molar refractivity (Wildman–Crippen MR) is 78.3 cm³/mol. The first-order valence-electron chi connectivity index (χ1n) is 6.67. The molecule has 0 fully saturated rings. The molecule has 0 saturated carbocycles. The summed E-state index contributed by atoms with van der Waals surface area (Å²) in [6.07, 6.45) is 0.807. The van der Waals surface area contributed by atoms with Crippen LogP contribution in [0.1, 0.15) is 23.7 Å². The summed E-state index contributed by atoms with van der Waals surface area (Å²) in [5, 5.41) is 13.2. The number of rotatable bonds is 7. The van der Waals surface area contributed by atoms with Gasteiger partial charge in [0.05, 0.1) is 5.52 Å². The third-order valence-electron chi connectivity index (χ3n) is 2.92. The summed E-state index contributed by atoms with van der Waals surface area (Å²) in [6, 6.07) is 9.12. The fourth-order valence-corrected chi connectivity index (χ4v) is 1.94. The maximum atomic E-state index is 11.3. The molecular weight excluding hydrogens is 256 g/mol. The average molecular weight is 274 g/mol. The van der Waals surface area contributed by atoms with Crippen molar-refractivity contribution < 1.29 is 14.6 Å². The summed E-state index contributed by atoms with van der Waals surface area (Å²) in [5.74, 6) is -0.566. The Labute approximate surface area is 117 Å². The van der Waals surface area contributed by atoms with Gasteiger partial charge in [0.2, 0.25) is 0 Å². The van der Waals surface area contributed by atoms with Crippen molar-refractivity contribution in [3.8, 4) is 0 Å². The van der Waals surface area contributed by atoms with Crippen molar-refractivity contribution in [1.82, 2.24) is 4.98 Å². The number of benzene rings is 1. The smallest absolute Gasteiger partial charge is 0.339 e. The lowest BCUT2D eigenvalue weighted by molar-refractivity contribution is 0.0698. The number of aromatic carboxylic acids is 1. The number of nitrogens with zero attached hydrogens (tertiary/aromatic N) is 1. The third kappa shape index (κ3) is 3.45. The van der Waals surface area contributed by atoms with Crippen LogP contribution in [0, 0.1) is 0 Å². The van der Waals surface area contributed by atoms with E-state index < -0.39 is 5.97 Å². The quantitative estimate of drug-likeness (QED) is 0.760. The minimum absolute atomic E-state index is 0.195. The molecule has 0 amide bonds. The van der Waals surface area contributed by atoms with Gasteiger partial charge in [0.1, 0.15) is 11.4 Å². The van der Waals surface area contributed by atoms with Gasteiger partial charge in [-0.05, 0) is 25.5 Å². The number of pyridine rings is 1. The zero-order valence-corrected chi connectivity index (χ0v) is 11.4. The Kier molecular flexibility index (Phi) is 4.90. The second-order valence-corrected chi connectivity index (χ2v) is 4.36. The highest BCUT2D eigenvalue weighted by Crippen LogP contribution is 2.20. The van der Waals surface area contributed by atoms with E-state index in [9.17, 15) is 9.90 Å². The molecule has 0 spiro atoms. The maximum absolute atomic E-state index is 11.3. The summed E-state index contributed by atoms with van der Waals surface area (Å²) in [6.45, 7) is 3.92. The normalized spacial score (nSPS) is 10.7. The Morgan fingerprint density at radius 2 is 2.20 bits per heavy atom. The minimum Gasteiger partial charge on any atom is -0.478 e. The maximum Gasteiger partial charge on any atom is 0.339 e. The van der Waals surface area contributed by atoms with E-state index in [0.29, 0.717) is 25.6 Å². The highest BCUT2D eigenvalue weighted by atomic mass is 16.5. The van der Waals surface area contributed by atoms with Crippen LogP contribution >= 0.6 is 0 Å². The molecule has 20 heavy (non-hydrogen) atoms. The van der Waals surface area contributed by atoms with Crippen LogP contribution in [0.25, 0.3) is 10.9 Å². The van der Waals surface area contributed by atoms with Gasteiger partial charge in [-0.1, -0.05) is 18.2 Å². The summed E-state index contributed by atoms with van der Waals surface area (Å²) < 4.78 is 5.24. The van der Waals surface area contributed by atoms with Crippen LogP contribution in [0.2, 0.25) is 0 Å². The Morgan fingerprint density at radius 1 is 1.40 bits per heavy atom. The van der Waals surface area contributed by atoms with E-state index in [1.807, 2.05) is 31.2 Å². The highest BCUT2D eigenvalue weighted by Gasteiger charge is 2.12. The molecule has 0 saturated heterocycles. The van der Waals surface area contributed by atoms with Crippen LogP contribution < -0.4 is 5.32 Å². The van der Waals surface area contributed by atoms with Gasteiger partial charge in [0.15, 0.2) is 0 Å². The van der Waals surface area contributed by atoms with Crippen molar-refractivity contribution in [2.75, 3.05) is 25.1 Å². The topological polar surface area (TPSA) is 71.5 Å². The number of para-hydroxylation sites is 1. The third-order valence-corrected chi connectivity index (χ3v) is 2.92. The van der Waals surface area contributed by atoms with Crippen LogP contribution in [0.4, 0.5) is 5.82 Å². The molecule has 1 aromatic heterocycles. The number of nitrogens with one attached hydrogen (secondary N) is 1. The molecule has 5 nitrogen and oxygen atoms in total. The molecule has 0 unspecified atom stereocenters. The fourth-order valence-electron chi connectivity index (χ4n) is 1.94. The molecule has 0 aliphatic rings. The zero-order valence-electron chi connectivity index (χ0n) is 11.4. The van der Waals surface area contributed by atoms with E-state index in [1.54, 1.807) is 6.07 Å². The standard InChI is InChI=1S/C15H18N2O3/c1-2-20-9-5-8-16-14-12(15(18)19)10-11-6-3-4-7-13(11)17-14/h3-4,6-7,10H,2,5,8-9H2,1H3,(H,16,17)(H,18,19). The molecule has 2 aromatic rings. The van der Waals surface area contributed by atoms with Gasteiger partial charge in [-0.2, -0.15) is 0 Å². The van der Waals surface area contributed by atoms with Gasteiger partial charge < -0.3 is 15.2 Å². The second-order valence-electron chi connectivity index (χ2n) is 4.36. The molecule has 1 heterocycles. The molecule has 0 bridgehead atoms. The summed E-state index contributed by atoms with van der Waals surface area (Å²) in [7, 11) is 0. The Morgan fingerprint density at radius 3 is 2.95 bits per heavy atom. The number of carbonyl (C=O) groups is 1. The highest BCUT2D eigenvalue weighted by molar-refractivity contribution is 5.98. The van der Waals surface area contributed by atoms with Crippen molar-refractivity contribution in [3.63, 3.8) is 0 Å². The first kappa shape index (κ1) is 14.3. The first-order valence-corrected chi connectivity index (χ1v) is 6.67. The van der Waals surface area contributed by atoms with Crippen molar-refractivity contribution in [3.05, 3.63) is 35.9 Å². The first-order chi connectivity index (χ1) is 9.72. The van der Waals surface area contributed by atoms with Crippen LogP contribution in [0.5, 0.6) is 0 Å². The van der Waals surface area contributed by atoms with Crippen LogP contribution in [0.15, 0.2) is 30.3 Å². The lowest BCUT2D eigenvalue weighted by Gasteiger charge is -2.10. The van der Waals surface area contributed by atoms with Crippen LogP contribution in [-0.4, -0.2) is 35.8 Å². The van der Waals surface area contributed by atoms with Crippen LogP contribution in [-0.2, 0) is 4.74 Å². The molecule has 0 aliphatic carbocycles. The molecule has 0 aliphatic heterocycles. The molecule has 2 rings (SSSR count). The fraction of sp³-hybridized carbons (Fsp3) is 0.333. The molecule has 0 atom stereocenters. The molecule has 106 valence electrons. The number of hydrogen-bond acceptors (Lipinski definition) is 4. The van der Waals surface area contributed by atoms with E-state index in [-0.39, 0.29) is 5.56 Å². The Hall–Kier alpha value is -2.14. The number of fused-ring (bicyclic) bond motifs is 1. The number of anilines is 1. The van der Waals surface area contributed by atoms with Gasteiger partial charge in [0.25, 0.3) is 0 Å². The van der Waals surface area contributed by atoms with E-state index in [2.05, 4.69) is 10.3 Å². The Balaban J connectivity index is 2.17. The van der Waals surface area contributed by atoms with Crippen molar-refractivity contribution >= 4 is 22.7 Å². The van der Waals surface area contributed by atoms with Gasteiger partial charge in [0, 0.05) is 25.1 Å². The number of hydrogen-bond donors (Lipinski definition) is 2. The summed E-state index contributed by atoms with van der Waals surface area (Å²) in [5.41, 5.74) is 0.977. The van der Waals surface area contributed by atoms with Crippen molar-refractivity contribution in [2.45, 2.75) is 13.3 Å². The predicted octanol–water partition coefficient (Wildman–Crippen LogP) is 2.77. The summed E-state index contributed by atoms with van der Waals surface area (Å²) in [4.78, 5) is 15.7. The van der Waals surface area contributed by atoms with Gasteiger partial charge in [-0.3, -0.25) is 0 Å². The number of ether oxygens (including phenoxy) is 1. The number of carboxylic acid groups (broad SMARTS) is 1. The summed E-state index contributed by atoms with van der Waals surface area (Å²) >= 11 is 0. The van der Waals surface area contributed by atoms with Gasteiger partial charge in [-0.25, -0.2) is 9.78 Å². The Bertz CT molecular complexity index is 599. The molecule has 5 heteroatoms. The van der Waals surface area contributed by atoms with Crippen LogP contribution in [0.3, 0.4) is 0 Å². The van der Waals surface area contributed by atoms with Crippen molar-refractivity contribution in [1.29, 1.82) is 0 Å². The molecule has 1 aromatic carbocycles. The monoisotopic (exact) mass is 274 g/mol. The molecular formula is C15H18N2O3. The number of aromatic nitrogens is 1. The van der Waals surface area contributed by atoms with Gasteiger partial charge in [-0.15, -0.1) is 0 Å². The lowest BCUT2D eigenvalue weighted by atomic mass is 10.1. The zero-order chi connectivity index (χ0) is 14.4. The SMILES string of the molecule is CCOCCCNc1nc2ccccc2cc1C(=O)O. The van der Waals surface area contributed by atoms with E-state index in [0.717, 1.165) is 17.3 Å². The van der Waals surface area contributed by atoms with E-state index in [1.165, 1.54) is 0 Å². The second kappa shape index (κ2) is 6.86. The average Bonchev–Trinajstić information content (AvgIpc) is 2.46. The molecule has 0 radical (unpaired) electrons. The minimum atomic E-state index is -0.976. The van der Waals surface area contributed by atoms with Gasteiger partial charge >= 0.3 is 5.97 Å². The van der Waals surface area contributed by atoms with E-state index in [4.69, 9.17) is 4.74 Å². The largest absolute Gasteiger partial charge is 0.478 e.